The van der Waals surface area contributed by atoms with E-state index in [-0.39, 0.29) is 0 Å². The van der Waals surface area contributed by atoms with Crippen molar-refractivity contribution < 1.29 is 0 Å². The number of hydrogen-bond donors (Lipinski definition) is 0. The minimum Gasteiger partial charge on any atom is -0.350 e. The van der Waals surface area contributed by atoms with Crippen LogP contribution in [0.4, 0.5) is 0 Å². The summed E-state index contributed by atoms with van der Waals surface area (Å²) >= 11 is 6.06. The molecular formula is C11H12ClN. The Balaban J connectivity index is 2.98. The maximum Gasteiger partial charge on any atom is 0.0525 e. The molecule has 0 spiro atoms. The summed E-state index contributed by atoms with van der Waals surface area (Å²) < 4.78 is 2.13. The second-order valence-corrected chi connectivity index (χ2v) is 3.90. The van der Waals surface area contributed by atoms with Gasteiger partial charge < -0.3 is 4.57 Å². The van der Waals surface area contributed by atoms with E-state index in [9.17, 15) is 0 Å². The number of aromatic nitrogens is 1. The SMILES string of the molecule is Cc1cn(C)c2c(C)c(Cl)ccc12. The third-order valence-electron chi connectivity index (χ3n) is 2.53. The number of benzene rings is 1. The van der Waals surface area contributed by atoms with Crippen LogP contribution in [0.25, 0.3) is 10.9 Å². The summed E-state index contributed by atoms with van der Waals surface area (Å²) in [6.45, 7) is 4.18. The van der Waals surface area contributed by atoms with E-state index in [0.29, 0.717) is 0 Å². The topological polar surface area (TPSA) is 4.93 Å². The van der Waals surface area contributed by atoms with Gasteiger partial charge in [0.1, 0.15) is 0 Å². The third-order valence-corrected chi connectivity index (χ3v) is 2.94. The van der Waals surface area contributed by atoms with Gasteiger partial charge in [0.05, 0.1) is 5.52 Å². The van der Waals surface area contributed by atoms with Gasteiger partial charge in [-0.05, 0) is 31.0 Å². The molecule has 0 saturated heterocycles. The molecule has 2 heteroatoms. The van der Waals surface area contributed by atoms with Crippen LogP contribution >= 0.6 is 11.6 Å². The maximum absolute atomic E-state index is 6.06. The monoisotopic (exact) mass is 193 g/mol. The zero-order valence-electron chi connectivity index (χ0n) is 8.06. The molecule has 0 fully saturated rings. The summed E-state index contributed by atoms with van der Waals surface area (Å²) in [5, 5.41) is 2.14. The Morgan fingerprint density at radius 1 is 1.23 bits per heavy atom. The van der Waals surface area contributed by atoms with E-state index in [1.165, 1.54) is 16.5 Å². The molecule has 2 aromatic rings. The molecule has 0 unspecified atom stereocenters. The lowest BCUT2D eigenvalue weighted by atomic mass is 10.1. The molecule has 1 aromatic heterocycles. The van der Waals surface area contributed by atoms with Gasteiger partial charge >= 0.3 is 0 Å². The van der Waals surface area contributed by atoms with Gasteiger partial charge in [-0.3, -0.25) is 0 Å². The average Bonchev–Trinajstić information content (AvgIpc) is 2.35. The van der Waals surface area contributed by atoms with Gasteiger partial charge in [0.15, 0.2) is 0 Å². The van der Waals surface area contributed by atoms with Gasteiger partial charge in [0.2, 0.25) is 0 Å². The molecule has 0 amide bonds. The van der Waals surface area contributed by atoms with Gasteiger partial charge in [0, 0.05) is 23.7 Å². The summed E-state index contributed by atoms with van der Waals surface area (Å²) in [4.78, 5) is 0. The standard InChI is InChI=1S/C11H12ClN/c1-7-6-13(3)11-8(2)10(12)5-4-9(7)11/h4-6H,1-3H3. The molecule has 0 aliphatic rings. The number of fused-ring (bicyclic) bond motifs is 1. The van der Waals surface area contributed by atoms with Crippen LogP contribution in [0.15, 0.2) is 18.3 Å². The molecule has 0 aliphatic heterocycles. The minimum absolute atomic E-state index is 0.841. The van der Waals surface area contributed by atoms with Crippen molar-refractivity contribution in [3.05, 3.63) is 34.5 Å². The molecule has 1 heterocycles. The predicted molar refractivity (Wildman–Crippen MR) is 57.4 cm³/mol. The zero-order valence-corrected chi connectivity index (χ0v) is 8.81. The summed E-state index contributed by atoms with van der Waals surface area (Å²) in [5.41, 5.74) is 3.71. The Morgan fingerprint density at radius 3 is 2.62 bits per heavy atom. The summed E-state index contributed by atoms with van der Waals surface area (Å²) in [6, 6.07) is 4.05. The predicted octanol–water partition coefficient (Wildman–Crippen LogP) is 3.45. The van der Waals surface area contributed by atoms with Crippen LogP contribution in [-0.2, 0) is 7.05 Å². The van der Waals surface area contributed by atoms with Crippen LogP contribution in [0, 0.1) is 13.8 Å². The number of halogens is 1. The van der Waals surface area contributed by atoms with E-state index in [1.807, 2.05) is 6.07 Å². The normalized spacial score (nSPS) is 11.1. The molecule has 0 atom stereocenters. The van der Waals surface area contributed by atoms with Crippen LogP contribution < -0.4 is 0 Å². The van der Waals surface area contributed by atoms with Crippen molar-refractivity contribution in [2.75, 3.05) is 0 Å². The molecule has 0 radical (unpaired) electrons. The first-order valence-electron chi connectivity index (χ1n) is 4.32. The first kappa shape index (κ1) is 8.64. The molecule has 2 rings (SSSR count). The highest BCUT2D eigenvalue weighted by Crippen LogP contribution is 2.27. The van der Waals surface area contributed by atoms with Gasteiger partial charge in [-0.25, -0.2) is 0 Å². The molecule has 0 saturated carbocycles. The van der Waals surface area contributed by atoms with E-state index in [1.54, 1.807) is 0 Å². The molecule has 13 heavy (non-hydrogen) atoms. The lowest BCUT2D eigenvalue weighted by molar-refractivity contribution is 0.959. The Morgan fingerprint density at radius 2 is 1.92 bits per heavy atom. The molecule has 0 N–H and O–H groups in total. The van der Waals surface area contributed by atoms with Crippen LogP contribution in [0.1, 0.15) is 11.1 Å². The van der Waals surface area contributed by atoms with Crippen LogP contribution in [0.5, 0.6) is 0 Å². The zero-order chi connectivity index (χ0) is 9.59. The Bertz CT molecular complexity index is 468. The van der Waals surface area contributed by atoms with Crippen molar-refractivity contribution >= 4 is 22.5 Å². The number of rotatable bonds is 0. The second-order valence-electron chi connectivity index (χ2n) is 3.49. The van der Waals surface area contributed by atoms with Gasteiger partial charge in [-0.2, -0.15) is 0 Å². The first-order valence-corrected chi connectivity index (χ1v) is 4.70. The number of hydrogen-bond acceptors (Lipinski definition) is 0. The fourth-order valence-electron chi connectivity index (χ4n) is 1.87. The molecule has 68 valence electrons. The molecule has 0 aliphatic carbocycles. The lowest BCUT2D eigenvalue weighted by Gasteiger charge is -2.02. The van der Waals surface area contributed by atoms with Crippen molar-refractivity contribution in [3.63, 3.8) is 0 Å². The van der Waals surface area contributed by atoms with Gasteiger partial charge in [0.25, 0.3) is 0 Å². The first-order chi connectivity index (χ1) is 6.11. The molecule has 0 bridgehead atoms. The van der Waals surface area contributed by atoms with Crippen LogP contribution in [-0.4, -0.2) is 4.57 Å². The molecule has 1 nitrogen and oxygen atoms in total. The highest BCUT2D eigenvalue weighted by Gasteiger charge is 2.07. The lowest BCUT2D eigenvalue weighted by Crippen LogP contribution is -1.87. The fraction of sp³-hybridized carbons (Fsp3) is 0.273. The largest absolute Gasteiger partial charge is 0.350 e. The van der Waals surface area contributed by atoms with Crippen LogP contribution in [0.3, 0.4) is 0 Å². The number of nitrogens with zero attached hydrogens (tertiary/aromatic N) is 1. The summed E-state index contributed by atoms with van der Waals surface area (Å²) in [6.07, 6.45) is 2.13. The van der Waals surface area contributed by atoms with Crippen molar-refractivity contribution in [1.82, 2.24) is 4.57 Å². The van der Waals surface area contributed by atoms with Crippen molar-refractivity contribution in [3.8, 4) is 0 Å². The van der Waals surface area contributed by atoms with E-state index >= 15 is 0 Å². The van der Waals surface area contributed by atoms with Crippen LogP contribution in [0.2, 0.25) is 5.02 Å². The molecule has 1 aromatic carbocycles. The maximum atomic E-state index is 6.06. The summed E-state index contributed by atoms with van der Waals surface area (Å²) in [7, 11) is 2.05. The van der Waals surface area contributed by atoms with E-state index in [2.05, 4.69) is 37.7 Å². The fourth-order valence-corrected chi connectivity index (χ4v) is 2.03. The number of aryl methyl sites for hydroxylation is 3. The quantitative estimate of drug-likeness (QED) is 0.604. The Kier molecular flexibility index (Phi) is 1.85. The van der Waals surface area contributed by atoms with Crippen molar-refractivity contribution in [1.29, 1.82) is 0 Å². The van der Waals surface area contributed by atoms with E-state index in [0.717, 1.165) is 10.6 Å². The van der Waals surface area contributed by atoms with Gasteiger partial charge in [-0.1, -0.05) is 17.7 Å². The minimum atomic E-state index is 0.841. The third kappa shape index (κ3) is 1.15. The highest BCUT2D eigenvalue weighted by atomic mass is 35.5. The Hall–Kier alpha value is -0.950. The van der Waals surface area contributed by atoms with Crippen molar-refractivity contribution in [2.24, 2.45) is 7.05 Å². The summed E-state index contributed by atoms with van der Waals surface area (Å²) in [5.74, 6) is 0. The second kappa shape index (κ2) is 2.78. The smallest absolute Gasteiger partial charge is 0.0525 e. The molecular weight excluding hydrogens is 182 g/mol. The van der Waals surface area contributed by atoms with Gasteiger partial charge in [-0.15, -0.1) is 0 Å². The van der Waals surface area contributed by atoms with Crippen molar-refractivity contribution in [2.45, 2.75) is 13.8 Å². The average molecular weight is 194 g/mol. The van der Waals surface area contributed by atoms with E-state index in [4.69, 9.17) is 11.6 Å². The Labute approximate surface area is 82.9 Å². The highest BCUT2D eigenvalue weighted by molar-refractivity contribution is 6.32. The van der Waals surface area contributed by atoms with E-state index < -0.39 is 0 Å².